The Balaban J connectivity index is 1.67. The zero-order chi connectivity index (χ0) is 26.4. The number of halogens is 1. The maximum Gasteiger partial charge on any atom is 0.237 e. The molecule has 2 heterocycles. The fourth-order valence-electron chi connectivity index (χ4n) is 4.54. The minimum Gasteiger partial charge on any atom is -0.439 e. The highest BCUT2D eigenvalue weighted by Crippen LogP contribution is 2.35. The number of hydrogen-bond donors (Lipinski definition) is 2. The molecule has 3 N–H and O–H groups in total. The van der Waals surface area contributed by atoms with Crippen molar-refractivity contribution < 1.29 is 9.13 Å². The van der Waals surface area contributed by atoms with Crippen molar-refractivity contribution >= 4 is 24.1 Å². The van der Waals surface area contributed by atoms with Gasteiger partial charge in [0.2, 0.25) is 11.8 Å². The van der Waals surface area contributed by atoms with E-state index in [0.717, 1.165) is 48.3 Å². The van der Waals surface area contributed by atoms with Gasteiger partial charge < -0.3 is 15.4 Å². The van der Waals surface area contributed by atoms with Crippen LogP contribution in [0.3, 0.4) is 0 Å². The number of benzene rings is 2. The number of aliphatic imine (C=N–C) groups is 1. The SMILES string of the molecule is CN=C/C(=C\N)SNc1nc(Oc2ccc(F)c(C3CCN(C)CC3)c2)cc(-c2c(C)cccc2C)n1. The highest BCUT2D eigenvalue weighted by atomic mass is 32.2. The summed E-state index contributed by atoms with van der Waals surface area (Å²) in [4.78, 5) is 16.3. The third kappa shape index (κ3) is 6.67. The Morgan fingerprint density at radius 2 is 1.89 bits per heavy atom. The highest BCUT2D eigenvalue weighted by molar-refractivity contribution is 8.05. The quantitative estimate of drug-likeness (QED) is 0.276. The van der Waals surface area contributed by atoms with E-state index in [4.69, 9.17) is 15.5 Å². The predicted octanol–water partition coefficient (Wildman–Crippen LogP) is 6.06. The molecule has 0 saturated carbocycles. The Labute approximate surface area is 222 Å². The van der Waals surface area contributed by atoms with Gasteiger partial charge in [0.05, 0.1) is 10.6 Å². The highest BCUT2D eigenvalue weighted by Gasteiger charge is 2.22. The van der Waals surface area contributed by atoms with Crippen LogP contribution >= 0.6 is 11.9 Å². The van der Waals surface area contributed by atoms with E-state index in [1.54, 1.807) is 25.4 Å². The van der Waals surface area contributed by atoms with Crippen molar-refractivity contribution in [3.05, 3.63) is 76.1 Å². The Hall–Kier alpha value is -3.43. The molecule has 0 spiro atoms. The van der Waals surface area contributed by atoms with E-state index in [-0.39, 0.29) is 11.7 Å². The first kappa shape index (κ1) is 26.6. The van der Waals surface area contributed by atoms with Crippen molar-refractivity contribution in [3.8, 4) is 22.9 Å². The van der Waals surface area contributed by atoms with E-state index in [1.807, 2.05) is 38.1 Å². The Morgan fingerprint density at radius 1 is 1.16 bits per heavy atom. The van der Waals surface area contributed by atoms with Gasteiger partial charge in [-0.25, -0.2) is 9.37 Å². The topological polar surface area (TPSA) is 88.7 Å². The molecule has 0 aliphatic carbocycles. The number of aromatic nitrogens is 2. The molecule has 0 unspecified atom stereocenters. The molecular weight excluding hydrogens is 487 g/mol. The third-order valence-electron chi connectivity index (χ3n) is 6.47. The van der Waals surface area contributed by atoms with Gasteiger partial charge in [-0.05, 0) is 99.6 Å². The number of anilines is 1. The molecular formula is C28H33FN6OS. The van der Waals surface area contributed by atoms with E-state index < -0.39 is 0 Å². The summed E-state index contributed by atoms with van der Waals surface area (Å²) in [6.07, 6.45) is 4.95. The first-order chi connectivity index (χ1) is 17.9. The summed E-state index contributed by atoms with van der Waals surface area (Å²) in [5.41, 5.74) is 10.3. The van der Waals surface area contributed by atoms with E-state index in [9.17, 15) is 4.39 Å². The van der Waals surface area contributed by atoms with E-state index in [2.05, 4.69) is 26.6 Å². The van der Waals surface area contributed by atoms with Crippen LogP contribution in [0.15, 0.2) is 58.6 Å². The van der Waals surface area contributed by atoms with Crippen LogP contribution in [0, 0.1) is 19.7 Å². The van der Waals surface area contributed by atoms with Gasteiger partial charge in [-0.1, -0.05) is 18.2 Å². The summed E-state index contributed by atoms with van der Waals surface area (Å²) in [5, 5.41) is 0. The standard InChI is InChI=1S/C28H33FN6OS/c1-18-6-5-7-19(2)27(18)25-15-26(33-28(32-25)34-37-22(16-30)17-31-3)36-21-8-9-24(29)23(14-21)20-10-12-35(4)13-11-20/h5-9,14-17,20H,10-13,30H2,1-4H3,(H,32,33,34)/b22-16+,31-17?. The molecule has 0 amide bonds. The van der Waals surface area contributed by atoms with Crippen LogP contribution in [0.2, 0.25) is 0 Å². The van der Waals surface area contributed by atoms with Crippen molar-refractivity contribution in [1.82, 2.24) is 14.9 Å². The van der Waals surface area contributed by atoms with Crippen LogP contribution in [-0.4, -0.2) is 48.3 Å². The molecule has 7 nitrogen and oxygen atoms in total. The number of piperidine rings is 1. The summed E-state index contributed by atoms with van der Waals surface area (Å²) in [6, 6.07) is 12.9. The number of nitrogens with one attached hydrogen (secondary N) is 1. The largest absolute Gasteiger partial charge is 0.439 e. The Bertz CT molecular complexity index is 1280. The average molecular weight is 521 g/mol. The molecule has 1 saturated heterocycles. The van der Waals surface area contributed by atoms with E-state index in [1.165, 1.54) is 24.2 Å². The average Bonchev–Trinajstić information content (AvgIpc) is 2.88. The summed E-state index contributed by atoms with van der Waals surface area (Å²) < 4.78 is 24.1. The lowest BCUT2D eigenvalue weighted by atomic mass is 9.89. The number of aryl methyl sites for hydroxylation is 2. The molecule has 0 atom stereocenters. The smallest absolute Gasteiger partial charge is 0.237 e. The molecule has 1 fully saturated rings. The fraction of sp³-hybridized carbons (Fsp3) is 0.321. The molecule has 3 aromatic rings. The minimum atomic E-state index is -0.196. The second kappa shape index (κ2) is 12.2. The summed E-state index contributed by atoms with van der Waals surface area (Å²) in [6.45, 7) is 6.01. The minimum absolute atomic E-state index is 0.172. The van der Waals surface area contributed by atoms with Gasteiger partial charge in [-0.3, -0.25) is 9.71 Å². The van der Waals surface area contributed by atoms with Gasteiger partial charge in [0, 0.05) is 31.1 Å². The maximum atomic E-state index is 14.8. The van der Waals surface area contributed by atoms with Gasteiger partial charge in [-0.15, -0.1) is 0 Å². The van der Waals surface area contributed by atoms with Crippen LogP contribution in [0.4, 0.5) is 10.3 Å². The van der Waals surface area contributed by atoms with Crippen LogP contribution < -0.4 is 15.2 Å². The fourth-order valence-corrected chi connectivity index (χ4v) is 5.07. The van der Waals surface area contributed by atoms with Gasteiger partial charge in [-0.2, -0.15) is 4.98 Å². The second-order valence-electron chi connectivity index (χ2n) is 9.21. The van der Waals surface area contributed by atoms with Crippen LogP contribution in [0.1, 0.15) is 35.4 Å². The van der Waals surface area contributed by atoms with Crippen LogP contribution in [-0.2, 0) is 0 Å². The molecule has 1 aliphatic rings. The van der Waals surface area contributed by atoms with Crippen molar-refractivity contribution in [2.24, 2.45) is 10.7 Å². The molecule has 0 radical (unpaired) electrons. The molecule has 2 aromatic carbocycles. The molecule has 194 valence electrons. The van der Waals surface area contributed by atoms with Crippen LogP contribution in [0.25, 0.3) is 11.3 Å². The van der Waals surface area contributed by atoms with Gasteiger partial charge in [0.15, 0.2) is 0 Å². The number of rotatable bonds is 8. The monoisotopic (exact) mass is 520 g/mol. The number of ether oxygens (including phenoxy) is 1. The lowest BCUT2D eigenvalue weighted by molar-refractivity contribution is 0.253. The van der Waals surface area contributed by atoms with E-state index in [0.29, 0.717) is 28.0 Å². The van der Waals surface area contributed by atoms with Gasteiger partial charge >= 0.3 is 0 Å². The first-order valence-electron chi connectivity index (χ1n) is 12.3. The molecule has 0 bridgehead atoms. The summed E-state index contributed by atoms with van der Waals surface area (Å²) in [7, 11) is 3.77. The van der Waals surface area contributed by atoms with Gasteiger partial charge in [0.25, 0.3) is 0 Å². The number of hydrogen-bond acceptors (Lipinski definition) is 8. The number of allylic oxidation sites excluding steroid dienone is 1. The molecule has 37 heavy (non-hydrogen) atoms. The number of likely N-dealkylation sites (tertiary alicyclic amines) is 1. The van der Waals surface area contributed by atoms with Crippen LogP contribution in [0.5, 0.6) is 11.6 Å². The summed E-state index contributed by atoms with van der Waals surface area (Å²) in [5.74, 6) is 1.24. The van der Waals surface area contributed by atoms with Crippen molar-refractivity contribution in [1.29, 1.82) is 0 Å². The normalized spacial score (nSPS) is 15.3. The van der Waals surface area contributed by atoms with Crippen molar-refractivity contribution in [2.45, 2.75) is 32.6 Å². The summed E-state index contributed by atoms with van der Waals surface area (Å²) >= 11 is 1.25. The molecule has 9 heteroatoms. The lowest BCUT2D eigenvalue weighted by Gasteiger charge is -2.29. The zero-order valence-electron chi connectivity index (χ0n) is 21.7. The second-order valence-corrected chi connectivity index (χ2v) is 10.1. The van der Waals surface area contributed by atoms with Crippen molar-refractivity contribution in [3.63, 3.8) is 0 Å². The van der Waals surface area contributed by atoms with Gasteiger partial charge in [0.1, 0.15) is 11.6 Å². The number of nitrogens with two attached hydrogens (primary N) is 1. The Kier molecular flexibility index (Phi) is 8.78. The molecule has 1 aliphatic heterocycles. The molecule has 4 rings (SSSR count). The predicted molar refractivity (Wildman–Crippen MR) is 151 cm³/mol. The number of nitrogens with zero attached hydrogens (tertiary/aromatic N) is 4. The Morgan fingerprint density at radius 3 is 2.57 bits per heavy atom. The van der Waals surface area contributed by atoms with E-state index >= 15 is 0 Å². The maximum absolute atomic E-state index is 14.8. The van der Waals surface area contributed by atoms with Crippen molar-refractivity contribution in [2.75, 3.05) is 31.9 Å². The third-order valence-corrected chi connectivity index (χ3v) is 7.23. The molecule has 1 aromatic heterocycles. The lowest BCUT2D eigenvalue weighted by Crippen LogP contribution is -2.29. The zero-order valence-corrected chi connectivity index (χ0v) is 22.5. The first-order valence-corrected chi connectivity index (χ1v) is 13.1.